The van der Waals surface area contributed by atoms with Crippen molar-refractivity contribution in [2.75, 3.05) is 20.7 Å². The fourth-order valence-corrected chi connectivity index (χ4v) is 1.21. The molecule has 1 unspecified atom stereocenters. The first kappa shape index (κ1) is 10.9. The molecular weight excluding hydrogens is 185 g/mol. The van der Waals surface area contributed by atoms with Gasteiger partial charge in [-0.1, -0.05) is 0 Å². The maximum absolute atomic E-state index is 13.2. The molecule has 1 aromatic rings. The third kappa shape index (κ3) is 2.43. The van der Waals surface area contributed by atoms with Gasteiger partial charge in [-0.15, -0.1) is 0 Å². The number of methoxy groups -OCH3 is 1. The van der Waals surface area contributed by atoms with Crippen molar-refractivity contribution in [2.24, 2.45) is 0 Å². The third-order valence-corrected chi connectivity index (χ3v) is 1.96. The minimum atomic E-state index is -0.852. The second kappa shape index (κ2) is 4.93. The quantitative estimate of drug-likeness (QED) is 0.762. The summed E-state index contributed by atoms with van der Waals surface area (Å²) in [6.07, 6.45) is -0.852. The van der Waals surface area contributed by atoms with Crippen molar-refractivity contribution in [3.05, 3.63) is 29.6 Å². The first-order valence-corrected chi connectivity index (χ1v) is 4.35. The molecule has 1 atom stereocenters. The van der Waals surface area contributed by atoms with Crippen molar-refractivity contribution in [3.63, 3.8) is 0 Å². The number of halogens is 1. The Morgan fingerprint density at radius 2 is 2.29 bits per heavy atom. The Bertz CT molecular complexity index is 304. The van der Waals surface area contributed by atoms with Gasteiger partial charge < -0.3 is 15.2 Å². The Labute approximate surface area is 82.5 Å². The van der Waals surface area contributed by atoms with E-state index in [9.17, 15) is 9.50 Å². The molecule has 4 heteroatoms. The molecule has 0 amide bonds. The number of hydrogen-bond donors (Lipinski definition) is 2. The number of aliphatic hydroxyl groups excluding tert-OH is 1. The Balaban J connectivity index is 2.93. The van der Waals surface area contributed by atoms with E-state index in [0.717, 1.165) is 0 Å². The number of rotatable bonds is 4. The molecule has 2 N–H and O–H groups in total. The highest BCUT2D eigenvalue weighted by molar-refractivity contribution is 5.31. The minimum Gasteiger partial charge on any atom is -0.497 e. The van der Waals surface area contributed by atoms with Crippen LogP contribution in [0.15, 0.2) is 18.2 Å². The molecule has 0 bridgehead atoms. The monoisotopic (exact) mass is 199 g/mol. The second-order valence-electron chi connectivity index (χ2n) is 2.96. The molecule has 0 aliphatic rings. The zero-order chi connectivity index (χ0) is 10.6. The average Bonchev–Trinajstić information content (AvgIpc) is 2.19. The lowest BCUT2D eigenvalue weighted by atomic mass is 10.1. The molecule has 0 heterocycles. The standard InChI is InChI=1S/C10H14FNO2/c1-12-6-10(13)8-5-7(14-2)3-4-9(8)11/h3-5,10,12-13H,6H2,1-2H3. The molecule has 0 aliphatic heterocycles. The van der Waals surface area contributed by atoms with Crippen LogP contribution in [0.5, 0.6) is 5.75 Å². The number of aliphatic hydroxyl groups is 1. The van der Waals surface area contributed by atoms with E-state index in [1.807, 2.05) is 0 Å². The molecule has 0 saturated carbocycles. The van der Waals surface area contributed by atoms with Gasteiger partial charge in [-0.05, 0) is 25.2 Å². The van der Waals surface area contributed by atoms with Gasteiger partial charge >= 0.3 is 0 Å². The van der Waals surface area contributed by atoms with Crippen molar-refractivity contribution in [3.8, 4) is 5.75 Å². The summed E-state index contributed by atoms with van der Waals surface area (Å²) in [6, 6.07) is 4.30. The van der Waals surface area contributed by atoms with E-state index in [0.29, 0.717) is 12.3 Å². The molecule has 0 saturated heterocycles. The first-order valence-electron chi connectivity index (χ1n) is 4.35. The molecule has 1 rings (SSSR count). The number of ether oxygens (including phenoxy) is 1. The molecule has 3 nitrogen and oxygen atoms in total. The largest absolute Gasteiger partial charge is 0.497 e. The van der Waals surface area contributed by atoms with E-state index in [1.54, 1.807) is 7.05 Å². The van der Waals surface area contributed by atoms with Gasteiger partial charge in [0.1, 0.15) is 11.6 Å². The normalized spacial score (nSPS) is 12.6. The Kier molecular flexibility index (Phi) is 3.85. The van der Waals surface area contributed by atoms with Crippen molar-refractivity contribution in [2.45, 2.75) is 6.10 Å². The summed E-state index contributed by atoms with van der Waals surface area (Å²) in [5, 5.41) is 12.3. The van der Waals surface area contributed by atoms with Gasteiger partial charge in [-0.25, -0.2) is 4.39 Å². The molecule has 0 fully saturated rings. The van der Waals surface area contributed by atoms with Crippen molar-refractivity contribution in [1.82, 2.24) is 5.32 Å². The molecular formula is C10H14FNO2. The van der Waals surface area contributed by atoms with E-state index >= 15 is 0 Å². The highest BCUT2D eigenvalue weighted by Crippen LogP contribution is 2.21. The Morgan fingerprint density at radius 1 is 1.57 bits per heavy atom. The lowest BCUT2D eigenvalue weighted by molar-refractivity contribution is 0.172. The fourth-order valence-electron chi connectivity index (χ4n) is 1.21. The van der Waals surface area contributed by atoms with Gasteiger partial charge in [0.25, 0.3) is 0 Å². The predicted molar refractivity (Wildman–Crippen MR) is 51.8 cm³/mol. The summed E-state index contributed by atoms with van der Waals surface area (Å²) in [6.45, 7) is 0.310. The van der Waals surface area contributed by atoms with Crippen LogP contribution in [-0.4, -0.2) is 25.8 Å². The summed E-state index contributed by atoms with van der Waals surface area (Å²) < 4.78 is 18.2. The molecule has 0 aromatic heterocycles. The van der Waals surface area contributed by atoms with Crippen LogP contribution >= 0.6 is 0 Å². The number of nitrogens with one attached hydrogen (secondary N) is 1. The second-order valence-corrected chi connectivity index (χ2v) is 2.96. The lowest BCUT2D eigenvalue weighted by Crippen LogP contribution is -2.17. The van der Waals surface area contributed by atoms with E-state index in [-0.39, 0.29) is 5.56 Å². The van der Waals surface area contributed by atoms with Gasteiger partial charge in [0, 0.05) is 12.1 Å². The fraction of sp³-hybridized carbons (Fsp3) is 0.400. The van der Waals surface area contributed by atoms with Crippen LogP contribution in [0.3, 0.4) is 0 Å². The Morgan fingerprint density at radius 3 is 2.86 bits per heavy atom. The molecule has 0 radical (unpaired) electrons. The van der Waals surface area contributed by atoms with Crippen LogP contribution in [-0.2, 0) is 0 Å². The zero-order valence-corrected chi connectivity index (χ0v) is 8.25. The number of benzene rings is 1. The van der Waals surface area contributed by atoms with Crippen LogP contribution in [0.2, 0.25) is 0 Å². The van der Waals surface area contributed by atoms with E-state index in [1.165, 1.54) is 25.3 Å². The number of likely N-dealkylation sites (N-methyl/N-ethyl adjacent to an activating group) is 1. The maximum Gasteiger partial charge on any atom is 0.129 e. The molecule has 0 spiro atoms. The van der Waals surface area contributed by atoms with E-state index in [4.69, 9.17) is 4.74 Å². The highest BCUT2D eigenvalue weighted by atomic mass is 19.1. The summed E-state index contributed by atoms with van der Waals surface area (Å²) in [4.78, 5) is 0. The van der Waals surface area contributed by atoms with Crippen molar-refractivity contribution < 1.29 is 14.2 Å². The third-order valence-electron chi connectivity index (χ3n) is 1.96. The van der Waals surface area contributed by atoms with Gasteiger partial charge in [-0.2, -0.15) is 0 Å². The van der Waals surface area contributed by atoms with Gasteiger partial charge in [0.15, 0.2) is 0 Å². The summed E-state index contributed by atoms with van der Waals surface area (Å²) >= 11 is 0. The number of hydrogen-bond acceptors (Lipinski definition) is 3. The summed E-state index contributed by atoms with van der Waals surface area (Å²) in [5.41, 5.74) is 0.249. The van der Waals surface area contributed by atoms with Crippen LogP contribution in [0.4, 0.5) is 4.39 Å². The summed E-state index contributed by atoms with van der Waals surface area (Å²) in [7, 11) is 3.20. The van der Waals surface area contributed by atoms with Crippen LogP contribution in [0.1, 0.15) is 11.7 Å². The summed E-state index contributed by atoms with van der Waals surface area (Å²) in [5.74, 6) is 0.116. The molecule has 14 heavy (non-hydrogen) atoms. The van der Waals surface area contributed by atoms with Crippen LogP contribution < -0.4 is 10.1 Å². The minimum absolute atomic E-state index is 0.249. The molecule has 0 aliphatic carbocycles. The van der Waals surface area contributed by atoms with Crippen molar-refractivity contribution >= 4 is 0 Å². The zero-order valence-electron chi connectivity index (χ0n) is 8.25. The predicted octanol–water partition coefficient (Wildman–Crippen LogP) is 1.09. The Hall–Kier alpha value is -1.13. The first-order chi connectivity index (χ1) is 6.69. The molecule has 1 aromatic carbocycles. The van der Waals surface area contributed by atoms with Crippen molar-refractivity contribution in [1.29, 1.82) is 0 Å². The average molecular weight is 199 g/mol. The van der Waals surface area contributed by atoms with Crippen LogP contribution in [0, 0.1) is 5.82 Å². The van der Waals surface area contributed by atoms with Gasteiger partial charge in [-0.3, -0.25) is 0 Å². The lowest BCUT2D eigenvalue weighted by Gasteiger charge is -2.12. The van der Waals surface area contributed by atoms with E-state index in [2.05, 4.69) is 5.32 Å². The van der Waals surface area contributed by atoms with E-state index < -0.39 is 11.9 Å². The molecule has 78 valence electrons. The smallest absolute Gasteiger partial charge is 0.129 e. The van der Waals surface area contributed by atoms with Crippen LogP contribution in [0.25, 0.3) is 0 Å². The SMILES string of the molecule is CNCC(O)c1cc(OC)ccc1F. The maximum atomic E-state index is 13.2. The highest BCUT2D eigenvalue weighted by Gasteiger charge is 2.12. The van der Waals surface area contributed by atoms with Gasteiger partial charge in [0.2, 0.25) is 0 Å². The topological polar surface area (TPSA) is 41.5 Å². The van der Waals surface area contributed by atoms with Gasteiger partial charge in [0.05, 0.1) is 13.2 Å².